The van der Waals surface area contributed by atoms with Crippen LogP contribution in [-0.4, -0.2) is 43.9 Å². The molecule has 156 valence electrons. The molecule has 0 spiro atoms. The van der Waals surface area contributed by atoms with E-state index in [1.807, 2.05) is 0 Å². The van der Waals surface area contributed by atoms with Crippen LogP contribution in [0, 0.1) is 5.92 Å². The minimum Gasteiger partial charge on any atom is -0.349 e. The number of benzene rings is 1. The van der Waals surface area contributed by atoms with Crippen LogP contribution in [0.2, 0.25) is 5.02 Å². The van der Waals surface area contributed by atoms with Gasteiger partial charge in [0.2, 0.25) is 10.0 Å². The molecule has 1 aliphatic carbocycles. The maximum absolute atomic E-state index is 13.0. The van der Waals surface area contributed by atoms with Crippen LogP contribution in [0.5, 0.6) is 0 Å². The van der Waals surface area contributed by atoms with Crippen LogP contribution in [0.4, 0.5) is 13.2 Å². The SMILES string of the molecule is O=C(NC1CCCC(C(F)(F)F)C1)c1cc(S(=O)(=O)N2CCCC2)ccc1Cl. The number of nitrogens with zero attached hydrogens (tertiary/aromatic N) is 1. The van der Waals surface area contributed by atoms with E-state index in [-0.39, 0.29) is 28.3 Å². The summed E-state index contributed by atoms with van der Waals surface area (Å²) in [7, 11) is -3.73. The number of sulfonamides is 1. The molecular weight excluding hydrogens is 417 g/mol. The van der Waals surface area contributed by atoms with Crippen molar-refractivity contribution in [2.75, 3.05) is 13.1 Å². The van der Waals surface area contributed by atoms with Gasteiger partial charge >= 0.3 is 6.18 Å². The van der Waals surface area contributed by atoms with Gasteiger partial charge in [0, 0.05) is 19.1 Å². The molecule has 5 nitrogen and oxygen atoms in total. The smallest absolute Gasteiger partial charge is 0.349 e. The molecule has 1 saturated carbocycles. The van der Waals surface area contributed by atoms with E-state index in [4.69, 9.17) is 11.6 Å². The van der Waals surface area contributed by atoms with Gasteiger partial charge in [-0.15, -0.1) is 0 Å². The van der Waals surface area contributed by atoms with Crippen LogP contribution in [0.25, 0.3) is 0 Å². The minimum atomic E-state index is -4.29. The number of halogens is 4. The summed E-state index contributed by atoms with van der Waals surface area (Å²) in [4.78, 5) is 12.6. The molecule has 1 N–H and O–H groups in total. The van der Waals surface area contributed by atoms with Gasteiger partial charge in [0.1, 0.15) is 0 Å². The van der Waals surface area contributed by atoms with Crippen LogP contribution >= 0.6 is 11.6 Å². The maximum atomic E-state index is 13.0. The summed E-state index contributed by atoms with van der Waals surface area (Å²) in [6, 6.07) is 3.25. The molecule has 1 aromatic rings. The van der Waals surface area contributed by atoms with Crippen molar-refractivity contribution in [1.29, 1.82) is 0 Å². The average Bonchev–Trinajstić information content (AvgIpc) is 3.17. The fourth-order valence-corrected chi connectivity index (χ4v) is 5.54. The molecule has 28 heavy (non-hydrogen) atoms. The largest absolute Gasteiger partial charge is 0.391 e. The van der Waals surface area contributed by atoms with Gasteiger partial charge < -0.3 is 5.32 Å². The van der Waals surface area contributed by atoms with E-state index in [1.54, 1.807) is 0 Å². The first-order valence-corrected chi connectivity index (χ1v) is 11.1. The van der Waals surface area contributed by atoms with Crippen molar-refractivity contribution in [3.63, 3.8) is 0 Å². The third kappa shape index (κ3) is 4.63. The molecule has 2 unspecified atom stereocenters. The lowest BCUT2D eigenvalue weighted by molar-refractivity contribution is -0.183. The highest BCUT2D eigenvalue weighted by Crippen LogP contribution is 2.37. The predicted octanol–water partition coefficient (Wildman–Crippen LogP) is 3.98. The minimum absolute atomic E-state index is 0.0410. The molecule has 2 aliphatic rings. The van der Waals surface area contributed by atoms with Crippen LogP contribution in [0.15, 0.2) is 23.1 Å². The zero-order valence-electron chi connectivity index (χ0n) is 15.1. The Morgan fingerprint density at radius 3 is 2.46 bits per heavy atom. The van der Waals surface area contributed by atoms with E-state index in [0.29, 0.717) is 25.9 Å². The standard InChI is InChI=1S/C18H22ClF3N2O3S/c19-16-7-6-14(28(26,27)24-8-1-2-9-24)11-15(16)17(25)23-13-5-3-4-12(10-13)18(20,21)22/h6-7,11-13H,1-5,8-10H2,(H,23,25). The van der Waals surface area contributed by atoms with E-state index in [2.05, 4.69) is 5.32 Å². The fraction of sp³-hybridized carbons (Fsp3) is 0.611. The van der Waals surface area contributed by atoms with Crippen LogP contribution < -0.4 is 5.32 Å². The van der Waals surface area contributed by atoms with E-state index in [9.17, 15) is 26.4 Å². The first-order chi connectivity index (χ1) is 13.1. The summed E-state index contributed by atoms with van der Waals surface area (Å²) in [6.45, 7) is 0.848. The maximum Gasteiger partial charge on any atom is 0.391 e. The predicted molar refractivity (Wildman–Crippen MR) is 98.7 cm³/mol. The van der Waals surface area contributed by atoms with E-state index in [0.717, 1.165) is 12.8 Å². The number of alkyl halides is 3. The highest BCUT2D eigenvalue weighted by atomic mass is 35.5. The molecule has 0 aromatic heterocycles. The summed E-state index contributed by atoms with van der Waals surface area (Å²) in [5.41, 5.74) is -0.0453. The van der Waals surface area contributed by atoms with Crippen LogP contribution in [0.1, 0.15) is 48.9 Å². The number of hydrogen-bond donors (Lipinski definition) is 1. The van der Waals surface area contributed by atoms with E-state index in [1.165, 1.54) is 22.5 Å². The van der Waals surface area contributed by atoms with Crippen LogP contribution in [0.3, 0.4) is 0 Å². The molecule has 1 saturated heterocycles. The lowest BCUT2D eigenvalue weighted by Crippen LogP contribution is -2.41. The summed E-state index contributed by atoms with van der Waals surface area (Å²) in [5, 5.41) is 2.65. The van der Waals surface area contributed by atoms with Gasteiger partial charge in [-0.2, -0.15) is 17.5 Å². The number of carbonyl (C=O) groups excluding carboxylic acids is 1. The molecule has 10 heteroatoms. The van der Waals surface area contributed by atoms with Crippen molar-refractivity contribution in [3.8, 4) is 0 Å². The number of rotatable bonds is 4. The zero-order chi connectivity index (χ0) is 20.5. The first-order valence-electron chi connectivity index (χ1n) is 9.26. The first kappa shape index (κ1) is 21.4. The van der Waals surface area contributed by atoms with Gasteiger partial charge in [-0.3, -0.25) is 4.79 Å². The van der Waals surface area contributed by atoms with E-state index < -0.39 is 34.1 Å². The number of nitrogens with one attached hydrogen (secondary N) is 1. The second kappa shape index (κ2) is 8.20. The molecule has 0 radical (unpaired) electrons. The van der Waals surface area contributed by atoms with Gasteiger partial charge in [-0.05, 0) is 50.3 Å². The lowest BCUT2D eigenvalue weighted by atomic mass is 9.85. The van der Waals surface area contributed by atoms with Crippen molar-refractivity contribution < 1.29 is 26.4 Å². The lowest BCUT2D eigenvalue weighted by Gasteiger charge is -2.31. The van der Waals surface area contributed by atoms with E-state index >= 15 is 0 Å². The van der Waals surface area contributed by atoms with Crippen molar-refractivity contribution >= 4 is 27.5 Å². The highest BCUT2D eigenvalue weighted by molar-refractivity contribution is 7.89. The van der Waals surface area contributed by atoms with Crippen molar-refractivity contribution in [2.24, 2.45) is 5.92 Å². The normalized spacial score (nSPS) is 24.3. The number of hydrogen-bond acceptors (Lipinski definition) is 3. The fourth-order valence-electron chi connectivity index (χ4n) is 3.80. The Bertz CT molecular complexity index is 839. The van der Waals surface area contributed by atoms with Gasteiger partial charge in [0.25, 0.3) is 5.91 Å². The summed E-state index contributed by atoms with van der Waals surface area (Å²) in [5.74, 6) is -2.10. The molecule has 1 aromatic carbocycles. The van der Waals surface area contributed by atoms with Crippen molar-refractivity contribution in [3.05, 3.63) is 28.8 Å². The van der Waals surface area contributed by atoms with Gasteiger partial charge in [0.05, 0.1) is 21.4 Å². The Kier molecular flexibility index (Phi) is 6.26. The quantitative estimate of drug-likeness (QED) is 0.773. The second-order valence-electron chi connectivity index (χ2n) is 7.33. The average molecular weight is 439 g/mol. The molecule has 1 aliphatic heterocycles. The zero-order valence-corrected chi connectivity index (χ0v) is 16.7. The Morgan fingerprint density at radius 2 is 1.82 bits per heavy atom. The highest BCUT2D eigenvalue weighted by Gasteiger charge is 2.42. The topological polar surface area (TPSA) is 66.5 Å². The van der Waals surface area contributed by atoms with Crippen LogP contribution in [-0.2, 0) is 10.0 Å². The molecule has 2 fully saturated rings. The van der Waals surface area contributed by atoms with Gasteiger partial charge in [-0.1, -0.05) is 18.0 Å². The molecule has 1 heterocycles. The molecule has 3 rings (SSSR count). The Labute approximate surface area is 167 Å². The number of carbonyl (C=O) groups is 1. The van der Waals surface area contributed by atoms with Crippen molar-refractivity contribution in [1.82, 2.24) is 9.62 Å². The Hall–Kier alpha value is -1.32. The second-order valence-corrected chi connectivity index (χ2v) is 9.67. The summed E-state index contributed by atoms with van der Waals surface area (Å²) in [6.07, 6.45) is -2.04. The monoisotopic (exact) mass is 438 g/mol. The molecular formula is C18H22ClF3N2O3S. The molecule has 1 amide bonds. The van der Waals surface area contributed by atoms with Gasteiger partial charge in [0.15, 0.2) is 0 Å². The Balaban J connectivity index is 1.76. The summed E-state index contributed by atoms with van der Waals surface area (Å²) >= 11 is 6.07. The Morgan fingerprint density at radius 1 is 1.14 bits per heavy atom. The third-order valence-corrected chi connectivity index (χ3v) is 7.58. The third-order valence-electron chi connectivity index (χ3n) is 5.36. The number of amides is 1. The molecule has 2 atom stereocenters. The van der Waals surface area contributed by atoms with Gasteiger partial charge in [-0.25, -0.2) is 8.42 Å². The summed E-state index contributed by atoms with van der Waals surface area (Å²) < 4.78 is 65.6. The van der Waals surface area contributed by atoms with Crippen molar-refractivity contribution in [2.45, 2.75) is 55.6 Å². The molecule has 0 bridgehead atoms.